The van der Waals surface area contributed by atoms with Gasteiger partial charge in [-0.25, -0.2) is 0 Å². The lowest BCUT2D eigenvalue weighted by atomic mass is 10.1. The van der Waals surface area contributed by atoms with E-state index in [1.54, 1.807) is 0 Å². The smallest absolute Gasteiger partial charge is 0.138 e. The predicted molar refractivity (Wildman–Crippen MR) is 89.7 cm³/mol. The largest absolute Gasteiger partial charge is 0.369 e. The van der Waals surface area contributed by atoms with Crippen molar-refractivity contribution in [3.63, 3.8) is 0 Å². The van der Waals surface area contributed by atoms with Crippen LogP contribution in [0.25, 0.3) is 0 Å². The van der Waals surface area contributed by atoms with E-state index in [0.29, 0.717) is 0 Å². The van der Waals surface area contributed by atoms with Crippen molar-refractivity contribution in [2.24, 2.45) is 0 Å². The van der Waals surface area contributed by atoms with E-state index in [2.05, 4.69) is 34.0 Å². The molecule has 1 aromatic carbocycles. The maximum atomic E-state index is 6.14. The van der Waals surface area contributed by atoms with E-state index in [1.165, 1.54) is 16.8 Å². The van der Waals surface area contributed by atoms with Gasteiger partial charge in [0.1, 0.15) is 5.76 Å². The third kappa shape index (κ3) is 3.13. The van der Waals surface area contributed by atoms with Crippen molar-refractivity contribution in [2.45, 2.75) is 27.3 Å². The van der Waals surface area contributed by atoms with E-state index in [9.17, 15) is 0 Å². The van der Waals surface area contributed by atoms with Gasteiger partial charge >= 0.3 is 0 Å². The lowest BCUT2D eigenvalue weighted by Gasteiger charge is -2.36. The first kappa shape index (κ1) is 15.4. The molecule has 4 nitrogen and oxygen atoms in total. The first-order valence-electron chi connectivity index (χ1n) is 7.70. The van der Waals surface area contributed by atoms with E-state index in [0.717, 1.165) is 49.2 Å². The Morgan fingerprint density at radius 2 is 1.86 bits per heavy atom. The van der Waals surface area contributed by atoms with Crippen LogP contribution in [0, 0.1) is 20.8 Å². The second-order valence-corrected chi connectivity index (χ2v) is 6.43. The molecule has 0 radical (unpaired) electrons. The summed E-state index contributed by atoms with van der Waals surface area (Å²) in [5.74, 6) is 0.936. The minimum atomic E-state index is 0.804. The maximum Gasteiger partial charge on any atom is 0.138 e. The molecule has 1 fully saturated rings. The molecular weight excluding hydrogens is 298 g/mol. The molecule has 1 aromatic heterocycles. The van der Waals surface area contributed by atoms with Gasteiger partial charge in [-0.2, -0.15) is 0 Å². The van der Waals surface area contributed by atoms with Gasteiger partial charge in [0.15, 0.2) is 0 Å². The average Bonchev–Trinajstić information content (AvgIpc) is 2.82. The second kappa shape index (κ2) is 6.31. The molecule has 0 atom stereocenters. The third-order valence-corrected chi connectivity index (χ3v) is 4.68. The molecule has 118 valence electrons. The van der Waals surface area contributed by atoms with E-state index in [-0.39, 0.29) is 0 Å². The van der Waals surface area contributed by atoms with E-state index < -0.39 is 0 Å². The highest BCUT2D eigenvalue weighted by atomic mass is 35.5. The summed E-state index contributed by atoms with van der Waals surface area (Å²) >= 11 is 6.14. The number of nitrogens with zero attached hydrogens (tertiary/aromatic N) is 3. The number of hydrogen-bond acceptors (Lipinski definition) is 4. The molecule has 2 aromatic rings. The zero-order valence-electron chi connectivity index (χ0n) is 13.4. The number of anilines is 1. The van der Waals surface area contributed by atoms with Gasteiger partial charge in [0.2, 0.25) is 0 Å². The predicted octanol–water partition coefficient (Wildman–Crippen LogP) is 3.58. The maximum absolute atomic E-state index is 6.14. The standard InChI is InChI=1S/C17H22ClN3O/c1-12-4-5-15(18)10-17(12)21-8-6-20(7-9-21)11-16-13(2)19-22-14(16)3/h4-5,10H,6-9,11H2,1-3H3. The lowest BCUT2D eigenvalue weighted by molar-refractivity contribution is 0.248. The summed E-state index contributed by atoms with van der Waals surface area (Å²) in [7, 11) is 0. The minimum absolute atomic E-state index is 0.804. The van der Waals surface area contributed by atoms with Crippen molar-refractivity contribution in [2.75, 3.05) is 31.1 Å². The summed E-state index contributed by atoms with van der Waals surface area (Å²) in [6.07, 6.45) is 0. The summed E-state index contributed by atoms with van der Waals surface area (Å²) in [6, 6.07) is 6.11. The number of rotatable bonds is 3. The third-order valence-electron chi connectivity index (χ3n) is 4.45. The van der Waals surface area contributed by atoms with Gasteiger partial charge in [-0.3, -0.25) is 4.90 Å². The Balaban J connectivity index is 1.64. The van der Waals surface area contributed by atoms with Gasteiger partial charge in [0, 0.05) is 49.0 Å². The van der Waals surface area contributed by atoms with Gasteiger partial charge in [0.25, 0.3) is 0 Å². The topological polar surface area (TPSA) is 32.5 Å². The van der Waals surface area contributed by atoms with Crippen LogP contribution >= 0.6 is 11.6 Å². The highest BCUT2D eigenvalue weighted by Gasteiger charge is 2.21. The quantitative estimate of drug-likeness (QED) is 0.865. The number of halogens is 1. The van der Waals surface area contributed by atoms with Crippen LogP contribution in [0.2, 0.25) is 5.02 Å². The minimum Gasteiger partial charge on any atom is -0.369 e. The highest BCUT2D eigenvalue weighted by Crippen LogP contribution is 2.26. The molecule has 1 saturated heterocycles. The Labute approximate surface area is 136 Å². The Morgan fingerprint density at radius 1 is 1.14 bits per heavy atom. The molecule has 2 heterocycles. The number of benzene rings is 1. The summed E-state index contributed by atoms with van der Waals surface area (Å²) in [6.45, 7) is 11.2. The summed E-state index contributed by atoms with van der Waals surface area (Å²) < 4.78 is 5.25. The fourth-order valence-corrected chi connectivity index (χ4v) is 3.19. The molecule has 1 aliphatic heterocycles. The van der Waals surface area contributed by atoms with Gasteiger partial charge in [-0.1, -0.05) is 22.8 Å². The molecule has 0 amide bonds. The van der Waals surface area contributed by atoms with Crippen LogP contribution in [0.5, 0.6) is 0 Å². The molecule has 5 heteroatoms. The van der Waals surface area contributed by atoms with E-state index in [1.807, 2.05) is 19.9 Å². The van der Waals surface area contributed by atoms with Crippen molar-refractivity contribution >= 4 is 17.3 Å². The molecule has 3 rings (SSSR count). The van der Waals surface area contributed by atoms with Gasteiger partial charge < -0.3 is 9.42 Å². The van der Waals surface area contributed by atoms with Crippen LogP contribution in [-0.4, -0.2) is 36.2 Å². The molecule has 0 spiro atoms. The fourth-order valence-electron chi connectivity index (χ4n) is 3.02. The lowest BCUT2D eigenvalue weighted by Crippen LogP contribution is -2.46. The molecule has 1 aliphatic rings. The second-order valence-electron chi connectivity index (χ2n) is 6.00. The Morgan fingerprint density at radius 3 is 2.50 bits per heavy atom. The van der Waals surface area contributed by atoms with Crippen molar-refractivity contribution in [1.29, 1.82) is 0 Å². The molecule has 0 aliphatic carbocycles. The molecular formula is C17H22ClN3O. The number of aromatic nitrogens is 1. The van der Waals surface area contributed by atoms with Crippen LogP contribution in [-0.2, 0) is 6.54 Å². The number of hydrogen-bond donors (Lipinski definition) is 0. The molecule has 0 bridgehead atoms. The monoisotopic (exact) mass is 319 g/mol. The molecule has 0 saturated carbocycles. The zero-order valence-corrected chi connectivity index (χ0v) is 14.2. The van der Waals surface area contributed by atoms with Crippen LogP contribution in [0.3, 0.4) is 0 Å². The van der Waals surface area contributed by atoms with Crippen molar-refractivity contribution in [1.82, 2.24) is 10.1 Å². The Bertz CT molecular complexity index is 640. The first-order valence-corrected chi connectivity index (χ1v) is 8.07. The van der Waals surface area contributed by atoms with Gasteiger partial charge in [-0.05, 0) is 38.5 Å². The molecule has 22 heavy (non-hydrogen) atoms. The van der Waals surface area contributed by atoms with Crippen molar-refractivity contribution < 1.29 is 4.52 Å². The summed E-state index contributed by atoms with van der Waals surface area (Å²) in [4.78, 5) is 4.88. The van der Waals surface area contributed by atoms with Crippen LogP contribution < -0.4 is 4.90 Å². The Kier molecular flexibility index (Phi) is 4.41. The van der Waals surface area contributed by atoms with Gasteiger partial charge in [0.05, 0.1) is 5.69 Å². The zero-order chi connectivity index (χ0) is 15.7. The van der Waals surface area contributed by atoms with Crippen molar-refractivity contribution in [3.8, 4) is 0 Å². The number of piperazine rings is 1. The first-order chi connectivity index (χ1) is 10.5. The number of aryl methyl sites for hydroxylation is 3. The Hall–Kier alpha value is -1.52. The van der Waals surface area contributed by atoms with Crippen LogP contribution in [0.15, 0.2) is 22.7 Å². The molecule has 0 unspecified atom stereocenters. The summed E-state index contributed by atoms with van der Waals surface area (Å²) in [5, 5.41) is 4.84. The van der Waals surface area contributed by atoms with Gasteiger partial charge in [-0.15, -0.1) is 0 Å². The van der Waals surface area contributed by atoms with E-state index in [4.69, 9.17) is 16.1 Å². The average molecular weight is 320 g/mol. The van der Waals surface area contributed by atoms with Crippen LogP contribution in [0.4, 0.5) is 5.69 Å². The summed E-state index contributed by atoms with van der Waals surface area (Å²) in [5.41, 5.74) is 4.77. The SMILES string of the molecule is Cc1ccc(Cl)cc1N1CCN(Cc2c(C)noc2C)CC1. The molecule has 0 N–H and O–H groups in total. The van der Waals surface area contributed by atoms with E-state index >= 15 is 0 Å². The van der Waals surface area contributed by atoms with Crippen molar-refractivity contribution in [3.05, 3.63) is 45.8 Å². The highest BCUT2D eigenvalue weighted by molar-refractivity contribution is 6.30. The van der Waals surface area contributed by atoms with Crippen LogP contribution in [0.1, 0.15) is 22.6 Å². The fraction of sp³-hybridized carbons (Fsp3) is 0.471. The normalized spacial score (nSPS) is 16.3.